The second kappa shape index (κ2) is 6.98. The number of halogens is 2. The highest BCUT2D eigenvalue weighted by molar-refractivity contribution is 7.90. The average Bonchev–Trinajstić information content (AvgIpc) is 2.13. The molecule has 5 nitrogen and oxygen atoms in total. The standard InChI is InChI=1S/C11H15ClN2O3S.ClH/c1-7(6-18(2,16)17)14-11(15)9-4-3-8(13)5-10(9)12;/h3-5,7H,6,13H2,1-2H3,(H,14,15);1H. The summed E-state index contributed by atoms with van der Waals surface area (Å²) in [7, 11) is -3.14. The number of anilines is 1. The van der Waals surface area contributed by atoms with E-state index < -0.39 is 21.8 Å². The van der Waals surface area contributed by atoms with Gasteiger partial charge in [-0.1, -0.05) is 11.6 Å². The number of carbonyl (C=O) groups is 1. The van der Waals surface area contributed by atoms with Crippen LogP contribution in [0.5, 0.6) is 0 Å². The molecule has 1 rings (SSSR count). The van der Waals surface area contributed by atoms with Crippen molar-refractivity contribution in [1.82, 2.24) is 5.32 Å². The van der Waals surface area contributed by atoms with Gasteiger partial charge in [-0.05, 0) is 25.1 Å². The van der Waals surface area contributed by atoms with Gasteiger partial charge in [-0.3, -0.25) is 4.79 Å². The Bertz CT molecular complexity index is 561. The Kier molecular flexibility index (Phi) is 6.62. The lowest BCUT2D eigenvalue weighted by Gasteiger charge is -2.13. The van der Waals surface area contributed by atoms with Gasteiger partial charge in [0, 0.05) is 18.0 Å². The normalized spacial score (nSPS) is 12.4. The molecule has 0 aliphatic carbocycles. The molecule has 1 amide bonds. The number of nitrogens with two attached hydrogens (primary N) is 1. The molecule has 0 aliphatic rings. The van der Waals surface area contributed by atoms with Crippen LogP contribution in [0.1, 0.15) is 17.3 Å². The van der Waals surface area contributed by atoms with Crippen LogP contribution < -0.4 is 11.1 Å². The Morgan fingerprint density at radius 3 is 2.53 bits per heavy atom. The number of benzene rings is 1. The van der Waals surface area contributed by atoms with Gasteiger partial charge < -0.3 is 11.1 Å². The fourth-order valence-electron chi connectivity index (χ4n) is 1.51. The van der Waals surface area contributed by atoms with Crippen molar-refractivity contribution in [1.29, 1.82) is 0 Å². The SMILES string of the molecule is CC(CS(C)(=O)=O)NC(=O)c1ccc(N)cc1Cl.Cl. The molecule has 0 aromatic heterocycles. The van der Waals surface area contributed by atoms with E-state index in [1.54, 1.807) is 13.0 Å². The molecule has 0 aliphatic heterocycles. The molecule has 0 bridgehead atoms. The summed E-state index contributed by atoms with van der Waals surface area (Å²) in [5.74, 6) is -0.540. The molecular formula is C11H16Cl2N2O3S. The van der Waals surface area contributed by atoms with Gasteiger partial charge in [0.15, 0.2) is 0 Å². The van der Waals surface area contributed by atoms with Crippen LogP contribution in [0.15, 0.2) is 18.2 Å². The van der Waals surface area contributed by atoms with E-state index >= 15 is 0 Å². The van der Waals surface area contributed by atoms with Gasteiger partial charge in [-0.2, -0.15) is 0 Å². The minimum absolute atomic E-state index is 0. The fraction of sp³-hybridized carbons (Fsp3) is 0.364. The molecular weight excluding hydrogens is 311 g/mol. The van der Waals surface area contributed by atoms with Crippen LogP contribution >= 0.6 is 24.0 Å². The van der Waals surface area contributed by atoms with Crippen molar-refractivity contribution in [2.45, 2.75) is 13.0 Å². The lowest BCUT2D eigenvalue weighted by atomic mass is 10.2. The molecule has 1 aromatic rings. The lowest BCUT2D eigenvalue weighted by molar-refractivity contribution is 0.0944. The number of amides is 1. The van der Waals surface area contributed by atoms with E-state index in [1.165, 1.54) is 12.1 Å². The third kappa shape index (κ3) is 6.13. The van der Waals surface area contributed by atoms with Crippen LogP contribution in [0.3, 0.4) is 0 Å². The minimum atomic E-state index is -3.14. The van der Waals surface area contributed by atoms with Crippen molar-refractivity contribution >= 4 is 45.4 Å². The van der Waals surface area contributed by atoms with Gasteiger partial charge in [0.05, 0.1) is 16.3 Å². The summed E-state index contributed by atoms with van der Waals surface area (Å²) >= 11 is 5.88. The molecule has 8 heteroatoms. The number of nitrogens with one attached hydrogen (secondary N) is 1. The zero-order chi connectivity index (χ0) is 13.9. The Hall–Kier alpha value is -0.980. The van der Waals surface area contributed by atoms with Crippen LogP contribution in [0.4, 0.5) is 5.69 Å². The number of rotatable bonds is 4. The maximum absolute atomic E-state index is 11.8. The van der Waals surface area contributed by atoms with Gasteiger partial charge in [0.1, 0.15) is 9.84 Å². The summed E-state index contributed by atoms with van der Waals surface area (Å²) in [5.41, 5.74) is 6.25. The van der Waals surface area contributed by atoms with E-state index in [-0.39, 0.29) is 28.7 Å². The first kappa shape index (κ1) is 18.0. The number of hydrogen-bond acceptors (Lipinski definition) is 4. The zero-order valence-electron chi connectivity index (χ0n) is 10.5. The summed E-state index contributed by atoms with van der Waals surface area (Å²) in [5, 5.41) is 2.80. The molecule has 0 spiro atoms. The highest BCUT2D eigenvalue weighted by Crippen LogP contribution is 2.19. The molecule has 108 valence electrons. The van der Waals surface area contributed by atoms with Gasteiger partial charge in [0.2, 0.25) is 0 Å². The third-order valence-corrected chi connectivity index (χ3v) is 3.59. The largest absolute Gasteiger partial charge is 0.399 e. The monoisotopic (exact) mass is 326 g/mol. The van der Waals surface area contributed by atoms with E-state index in [0.717, 1.165) is 6.26 Å². The van der Waals surface area contributed by atoms with Gasteiger partial charge in [-0.25, -0.2) is 8.42 Å². The molecule has 0 saturated heterocycles. The van der Waals surface area contributed by atoms with Crippen LogP contribution in [0, 0.1) is 0 Å². The maximum Gasteiger partial charge on any atom is 0.253 e. The van der Waals surface area contributed by atoms with E-state index in [9.17, 15) is 13.2 Å². The summed E-state index contributed by atoms with van der Waals surface area (Å²) in [4.78, 5) is 11.8. The van der Waals surface area contributed by atoms with Gasteiger partial charge in [0.25, 0.3) is 5.91 Å². The summed E-state index contributed by atoms with van der Waals surface area (Å²) in [6.45, 7) is 1.62. The first-order chi connectivity index (χ1) is 8.19. The molecule has 1 atom stereocenters. The highest BCUT2D eigenvalue weighted by Gasteiger charge is 2.16. The molecule has 3 N–H and O–H groups in total. The number of carbonyl (C=O) groups excluding carboxylic acids is 1. The van der Waals surface area contributed by atoms with E-state index in [0.29, 0.717) is 5.69 Å². The summed E-state index contributed by atoms with van der Waals surface area (Å²) in [6.07, 6.45) is 1.12. The van der Waals surface area contributed by atoms with Crippen molar-refractivity contribution in [3.05, 3.63) is 28.8 Å². The van der Waals surface area contributed by atoms with Crippen molar-refractivity contribution < 1.29 is 13.2 Å². The van der Waals surface area contributed by atoms with Crippen molar-refractivity contribution in [3.63, 3.8) is 0 Å². The van der Waals surface area contributed by atoms with Gasteiger partial charge in [-0.15, -0.1) is 12.4 Å². The predicted octanol–water partition coefficient (Wildman–Crippen LogP) is 1.51. The molecule has 1 unspecified atom stereocenters. The smallest absolute Gasteiger partial charge is 0.253 e. The van der Waals surface area contributed by atoms with Crippen LogP contribution in [-0.2, 0) is 9.84 Å². The number of sulfone groups is 1. The Balaban J connectivity index is 0.00000324. The van der Waals surface area contributed by atoms with E-state index in [1.807, 2.05) is 0 Å². The molecule has 0 heterocycles. The topological polar surface area (TPSA) is 89.3 Å². The predicted molar refractivity (Wildman–Crippen MR) is 79.8 cm³/mol. The number of nitrogen functional groups attached to an aromatic ring is 1. The second-order valence-corrected chi connectivity index (χ2v) is 6.80. The molecule has 0 radical (unpaired) electrons. The van der Waals surface area contributed by atoms with Crippen molar-refractivity contribution in [2.75, 3.05) is 17.7 Å². The average molecular weight is 327 g/mol. The Morgan fingerprint density at radius 1 is 1.47 bits per heavy atom. The third-order valence-electron chi connectivity index (χ3n) is 2.17. The van der Waals surface area contributed by atoms with E-state index in [4.69, 9.17) is 17.3 Å². The first-order valence-corrected chi connectivity index (χ1v) is 7.66. The fourth-order valence-corrected chi connectivity index (χ4v) is 2.78. The lowest BCUT2D eigenvalue weighted by Crippen LogP contribution is -2.37. The highest BCUT2D eigenvalue weighted by atomic mass is 35.5. The first-order valence-electron chi connectivity index (χ1n) is 5.22. The Morgan fingerprint density at radius 2 is 2.05 bits per heavy atom. The second-order valence-electron chi connectivity index (χ2n) is 4.21. The van der Waals surface area contributed by atoms with E-state index in [2.05, 4.69) is 5.32 Å². The molecule has 1 aromatic carbocycles. The maximum atomic E-state index is 11.8. The van der Waals surface area contributed by atoms with Gasteiger partial charge >= 0.3 is 0 Å². The van der Waals surface area contributed by atoms with Crippen molar-refractivity contribution in [3.8, 4) is 0 Å². The molecule has 0 saturated carbocycles. The van der Waals surface area contributed by atoms with Crippen LogP contribution in [0.25, 0.3) is 0 Å². The quantitative estimate of drug-likeness (QED) is 0.820. The molecule has 19 heavy (non-hydrogen) atoms. The van der Waals surface area contributed by atoms with Crippen LogP contribution in [0.2, 0.25) is 5.02 Å². The zero-order valence-corrected chi connectivity index (χ0v) is 12.9. The summed E-state index contributed by atoms with van der Waals surface area (Å²) < 4.78 is 22.2. The van der Waals surface area contributed by atoms with Crippen LogP contribution in [-0.4, -0.2) is 32.4 Å². The van der Waals surface area contributed by atoms with Crippen molar-refractivity contribution in [2.24, 2.45) is 0 Å². The minimum Gasteiger partial charge on any atom is -0.399 e. The summed E-state index contributed by atoms with van der Waals surface area (Å²) in [6, 6.07) is 4.04. The number of hydrogen-bond donors (Lipinski definition) is 2. The Labute approximate surface area is 123 Å². The molecule has 0 fully saturated rings.